The first-order chi connectivity index (χ1) is 9.75. The molecule has 0 saturated carbocycles. The molecule has 3 nitrogen and oxygen atoms in total. The number of hydrogen-bond donors (Lipinski definition) is 1. The molecule has 0 aliphatic heterocycles. The van der Waals surface area contributed by atoms with E-state index in [1.165, 1.54) is 24.3 Å². The van der Waals surface area contributed by atoms with E-state index >= 15 is 0 Å². The van der Waals surface area contributed by atoms with E-state index in [2.05, 4.69) is 25.7 Å². The average molecular weight is 383 g/mol. The molecule has 0 aliphatic carbocycles. The van der Waals surface area contributed by atoms with Crippen LogP contribution in [-0.2, 0) is 10.9 Å². The first-order valence-electron chi connectivity index (χ1n) is 5.58. The zero-order valence-corrected chi connectivity index (χ0v) is 12.9. The second kappa shape index (κ2) is 5.73. The molecule has 0 saturated heterocycles. The number of rotatable bonds is 2. The third kappa shape index (κ3) is 3.08. The molecule has 1 heterocycles. The molecular weight excluding hydrogens is 374 g/mol. The Morgan fingerprint density at radius 2 is 1.86 bits per heavy atom. The average Bonchev–Trinajstić information content (AvgIpc) is 2.76. The van der Waals surface area contributed by atoms with Crippen LogP contribution in [-0.4, -0.2) is 18.1 Å². The summed E-state index contributed by atoms with van der Waals surface area (Å²) in [6, 6.07) is 6.04. The van der Waals surface area contributed by atoms with Gasteiger partial charge in [0.1, 0.15) is 5.69 Å². The first kappa shape index (κ1) is 15.9. The minimum atomic E-state index is -4.63. The lowest BCUT2D eigenvalue weighted by molar-refractivity contribution is -0.141. The van der Waals surface area contributed by atoms with E-state index in [9.17, 15) is 18.0 Å². The van der Waals surface area contributed by atoms with Crippen molar-refractivity contribution >= 4 is 33.5 Å². The van der Waals surface area contributed by atoms with Crippen LogP contribution >= 0.6 is 27.5 Å². The molecule has 1 N–H and O–H groups in total. The third-order valence-corrected chi connectivity index (χ3v) is 3.79. The Labute approximate surface area is 131 Å². The predicted octanol–water partition coefficient (Wildman–Crippen LogP) is 4.90. The molecule has 1 aromatic heterocycles. The van der Waals surface area contributed by atoms with Gasteiger partial charge in [-0.15, -0.1) is 0 Å². The number of nitrogens with one attached hydrogen (secondary N) is 1. The molecular formula is C13H8BrClF3NO2. The van der Waals surface area contributed by atoms with E-state index in [-0.39, 0.29) is 15.7 Å². The zero-order chi connectivity index (χ0) is 15.8. The lowest BCUT2D eigenvalue weighted by Gasteiger charge is -2.03. The molecule has 0 fully saturated rings. The van der Waals surface area contributed by atoms with E-state index in [4.69, 9.17) is 11.6 Å². The summed E-state index contributed by atoms with van der Waals surface area (Å²) in [7, 11) is 1.10. The van der Waals surface area contributed by atoms with Crippen LogP contribution in [0.4, 0.5) is 13.2 Å². The zero-order valence-electron chi connectivity index (χ0n) is 10.5. The number of carbonyl (C=O) groups is 1. The van der Waals surface area contributed by atoms with Gasteiger partial charge >= 0.3 is 12.1 Å². The number of aromatic amines is 1. The Balaban J connectivity index is 2.69. The van der Waals surface area contributed by atoms with Crippen molar-refractivity contribution in [1.82, 2.24) is 4.98 Å². The monoisotopic (exact) mass is 381 g/mol. The van der Waals surface area contributed by atoms with Crippen LogP contribution in [0.25, 0.3) is 11.3 Å². The molecule has 0 amide bonds. The molecule has 0 bridgehead atoms. The highest BCUT2D eigenvalue weighted by Gasteiger charge is 2.39. The van der Waals surface area contributed by atoms with Gasteiger partial charge in [0.15, 0.2) is 0 Å². The maximum atomic E-state index is 13.0. The largest absolute Gasteiger partial charge is 0.465 e. The summed E-state index contributed by atoms with van der Waals surface area (Å²) in [5.74, 6) is -0.876. The second-order valence-electron chi connectivity index (χ2n) is 4.06. The molecule has 2 rings (SSSR count). The summed E-state index contributed by atoms with van der Waals surface area (Å²) in [4.78, 5) is 14.0. The maximum absolute atomic E-state index is 13.0. The number of hydrogen-bond acceptors (Lipinski definition) is 2. The number of H-pyrrole nitrogens is 1. The summed E-state index contributed by atoms with van der Waals surface area (Å²) in [6.45, 7) is 0. The van der Waals surface area contributed by atoms with Gasteiger partial charge in [-0.3, -0.25) is 0 Å². The van der Waals surface area contributed by atoms with E-state index in [1.54, 1.807) is 0 Å². The minimum absolute atomic E-state index is 0.0118. The van der Waals surface area contributed by atoms with Crippen molar-refractivity contribution in [3.05, 3.63) is 45.0 Å². The van der Waals surface area contributed by atoms with Crippen LogP contribution in [0.15, 0.2) is 28.7 Å². The van der Waals surface area contributed by atoms with Crippen molar-refractivity contribution in [2.45, 2.75) is 6.18 Å². The highest BCUT2D eigenvalue weighted by atomic mass is 79.9. The smallest absolute Gasteiger partial charge is 0.432 e. The number of methoxy groups -OCH3 is 1. The number of ether oxygens (including phenoxy) is 1. The number of esters is 1. The molecule has 0 unspecified atom stereocenters. The van der Waals surface area contributed by atoms with Gasteiger partial charge in [0.25, 0.3) is 0 Å². The molecule has 21 heavy (non-hydrogen) atoms. The molecule has 2 aromatic rings. The second-order valence-corrected chi connectivity index (χ2v) is 5.29. The van der Waals surface area contributed by atoms with Crippen LogP contribution < -0.4 is 0 Å². The number of benzene rings is 1. The van der Waals surface area contributed by atoms with E-state index < -0.39 is 17.8 Å². The lowest BCUT2D eigenvalue weighted by atomic mass is 10.1. The highest BCUT2D eigenvalue weighted by molar-refractivity contribution is 9.10. The van der Waals surface area contributed by atoms with Crippen LogP contribution in [0.1, 0.15) is 16.1 Å². The Bertz CT molecular complexity index is 680. The lowest BCUT2D eigenvalue weighted by Crippen LogP contribution is -2.07. The fraction of sp³-hybridized carbons (Fsp3) is 0.154. The predicted molar refractivity (Wildman–Crippen MR) is 75.3 cm³/mol. The highest BCUT2D eigenvalue weighted by Crippen LogP contribution is 2.41. The summed E-state index contributed by atoms with van der Waals surface area (Å²) in [5.41, 5.74) is -0.867. The number of carbonyl (C=O) groups excluding carboxylic acids is 1. The maximum Gasteiger partial charge on any atom is 0.432 e. The van der Waals surface area contributed by atoms with Crippen LogP contribution in [0.2, 0.25) is 5.02 Å². The first-order valence-corrected chi connectivity index (χ1v) is 6.75. The number of halogens is 5. The van der Waals surface area contributed by atoms with Gasteiger partial charge in [-0.2, -0.15) is 13.2 Å². The molecule has 1 aromatic carbocycles. The molecule has 0 radical (unpaired) electrons. The van der Waals surface area contributed by atoms with Crippen molar-refractivity contribution < 1.29 is 22.7 Å². The molecule has 0 atom stereocenters. The Kier molecular flexibility index (Phi) is 4.34. The van der Waals surface area contributed by atoms with Crippen molar-refractivity contribution in [2.75, 3.05) is 7.11 Å². The standard InChI is InChI=1S/C13H8BrClF3NO2/c1-21-12(20)8-9(14)11(13(16,17)18)19-10(8)6-2-4-7(15)5-3-6/h2-5,19H,1H3. The fourth-order valence-electron chi connectivity index (χ4n) is 1.80. The van der Waals surface area contributed by atoms with Crippen LogP contribution in [0, 0.1) is 0 Å². The Hall–Kier alpha value is -1.47. The van der Waals surface area contributed by atoms with Gasteiger partial charge in [-0.1, -0.05) is 23.7 Å². The van der Waals surface area contributed by atoms with Gasteiger partial charge in [0.2, 0.25) is 0 Å². The fourth-order valence-corrected chi connectivity index (χ4v) is 2.61. The number of alkyl halides is 3. The summed E-state index contributed by atoms with van der Waals surface area (Å²) in [5, 5.41) is 0.431. The van der Waals surface area contributed by atoms with E-state index in [1.807, 2.05) is 0 Å². The van der Waals surface area contributed by atoms with E-state index in [0.29, 0.717) is 10.6 Å². The van der Waals surface area contributed by atoms with Crippen molar-refractivity contribution in [2.24, 2.45) is 0 Å². The van der Waals surface area contributed by atoms with Gasteiger partial charge < -0.3 is 9.72 Å². The van der Waals surface area contributed by atoms with Crippen LogP contribution in [0.5, 0.6) is 0 Å². The van der Waals surface area contributed by atoms with Gasteiger partial charge in [0, 0.05) is 5.02 Å². The van der Waals surface area contributed by atoms with Crippen molar-refractivity contribution in [3.63, 3.8) is 0 Å². The Morgan fingerprint density at radius 1 is 1.29 bits per heavy atom. The quantitative estimate of drug-likeness (QED) is 0.751. The summed E-state index contributed by atoms with van der Waals surface area (Å²) in [6.07, 6.45) is -4.63. The van der Waals surface area contributed by atoms with Crippen LogP contribution in [0.3, 0.4) is 0 Å². The number of aromatic nitrogens is 1. The third-order valence-electron chi connectivity index (χ3n) is 2.74. The minimum Gasteiger partial charge on any atom is -0.465 e. The topological polar surface area (TPSA) is 42.1 Å². The normalized spacial score (nSPS) is 11.5. The van der Waals surface area contributed by atoms with E-state index in [0.717, 1.165) is 7.11 Å². The molecule has 0 aliphatic rings. The van der Waals surface area contributed by atoms with Gasteiger partial charge in [0.05, 0.1) is 22.8 Å². The van der Waals surface area contributed by atoms with Crippen molar-refractivity contribution in [3.8, 4) is 11.3 Å². The summed E-state index contributed by atoms with van der Waals surface area (Å²) < 4.78 is 43.0. The Morgan fingerprint density at radius 3 is 2.33 bits per heavy atom. The van der Waals surface area contributed by atoms with Crippen molar-refractivity contribution in [1.29, 1.82) is 0 Å². The summed E-state index contributed by atoms with van der Waals surface area (Å²) >= 11 is 8.56. The molecule has 8 heteroatoms. The SMILES string of the molecule is COC(=O)c1c(-c2ccc(Cl)cc2)[nH]c(C(F)(F)F)c1Br. The molecule has 0 spiro atoms. The van der Waals surface area contributed by atoms with Gasteiger partial charge in [-0.25, -0.2) is 4.79 Å². The van der Waals surface area contributed by atoms with Gasteiger partial charge in [-0.05, 0) is 33.6 Å². The molecule has 112 valence electrons.